The number of rotatable bonds is 6. The maximum absolute atomic E-state index is 13.2. The van der Waals surface area contributed by atoms with E-state index in [2.05, 4.69) is 4.98 Å². The van der Waals surface area contributed by atoms with Crippen molar-refractivity contribution in [2.75, 3.05) is 26.9 Å². The lowest BCUT2D eigenvalue weighted by atomic mass is 9.94. The van der Waals surface area contributed by atoms with Gasteiger partial charge in [-0.15, -0.1) is 0 Å². The molecule has 3 aromatic rings. The summed E-state index contributed by atoms with van der Waals surface area (Å²) >= 11 is 0. The fourth-order valence-electron chi connectivity index (χ4n) is 4.62. The molecule has 0 bridgehead atoms. The monoisotopic (exact) mass is 432 g/mol. The number of benzene rings is 2. The minimum Gasteiger partial charge on any atom is -0.507 e. The molecule has 0 aliphatic carbocycles. The number of likely N-dealkylation sites (tertiary alicyclic amines) is 1. The van der Waals surface area contributed by atoms with Crippen molar-refractivity contribution in [3.63, 3.8) is 0 Å². The van der Waals surface area contributed by atoms with Gasteiger partial charge in [0.2, 0.25) is 0 Å². The van der Waals surface area contributed by atoms with Crippen molar-refractivity contribution >= 4 is 28.4 Å². The number of methoxy groups -OCH3 is 1. The fraction of sp³-hybridized carbons (Fsp3) is 0.280. The van der Waals surface area contributed by atoms with Gasteiger partial charge in [0.15, 0.2) is 0 Å². The third-order valence-electron chi connectivity index (χ3n) is 6.17. The number of H-pyrrole nitrogens is 1. The number of aromatic nitrogens is 1. The van der Waals surface area contributed by atoms with E-state index in [9.17, 15) is 14.7 Å². The first kappa shape index (κ1) is 20.3. The van der Waals surface area contributed by atoms with Gasteiger partial charge >= 0.3 is 0 Å². The van der Waals surface area contributed by atoms with Crippen LogP contribution in [0.1, 0.15) is 29.2 Å². The van der Waals surface area contributed by atoms with Crippen LogP contribution in [0.3, 0.4) is 0 Å². The van der Waals surface area contributed by atoms with Gasteiger partial charge in [-0.1, -0.05) is 18.2 Å². The van der Waals surface area contributed by atoms with Crippen LogP contribution in [0.25, 0.3) is 16.7 Å². The second-order valence-corrected chi connectivity index (χ2v) is 8.05. The lowest BCUT2D eigenvalue weighted by Crippen LogP contribution is -2.31. The lowest BCUT2D eigenvalue weighted by Gasteiger charge is -2.24. The van der Waals surface area contributed by atoms with Crippen molar-refractivity contribution in [1.29, 1.82) is 0 Å². The summed E-state index contributed by atoms with van der Waals surface area (Å²) in [5.41, 5.74) is 3.28. The summed E-state index contributed by atoms with van der Waals surface area (Å²) in [6, 6.07) is 12.4. The van der Waals surface area contributed by atoms with Gasteiger partial charge in [-0.3, -0.25) is 9.59 Å². The van der Waals surface area contributed by atoms with E-state index in [0.717, 1.165) is 34.2 Å². The third kappa shape index (κ3) is 3.26. The SMILES string of the molecule is COCCCN1C(=O)C(=O)/C(=C(/O)c2ccc3c(c2)CCO3)C1c1c[nH]c2ccccc12. The summed E-state index contributed by atoms with van der Waals surface area (Å²) < 4.78 is 10.7. The average Bonchev–Trinajstić information content (AvgIpc) is 3.51. The zero-order valence-corrected chi connectivity index (χ0v) is 17.8. The molecule has 1 saturated heterocycles. The summed E-state index contributed by atoms with van der Waals surface area (Å²) in [5.74, 6) is -0.660. The standard InChI is InChI=1S/C25H24N2O5/c1-31-11-4-10-27-22(18-14-26-19-6-3-2-5-17(18)19)21(24(29)25(27)30)23(28)16-7-8-20-15(13-16)9-12-32-20/h2-3,5-8,13-14,22,26,28H,4,9-12H2,1H3/b23-21+. The van der Waals surface area contributed by atoms with Gasteiger partial charge in [-0.2, -0.15) is 0 Å². The highest BCUT2D eigenvalue weighted by atomic mass is 16.5. The van der Waals surface area contributed by atoms with E-state index < -0.39 is 17.7 Å². The number of hydrogen-bond donors (Lipinski definition) is 2. The van der Waals surface area contributed by atoms with Crippen LogP contribution in [-0.4, -0.2) is 53.5 Å². The maximum atomic E-state index is 13.2. The van der Waals surface area contributed by atoms with Crippen molar-refractivity contribution in [3.05, 3.63) is 70.9 Å². The predicted octanol–water partition coefficient (Wildman–Crippen LogP) is 3.56. The number of hydrogen-bond acceptors (Lipinski definition) is 5. The Morgan fingerprint density at radius 1 is 1.25 bits per heavy atom. The number of ketones is 1. The molecule has 0 saturated carbocycles. The van der Waals surface area contributed by atoms with E-state index in [1.54, 1.807) is 24.1 Å². The number of amides is 1. The topological polar surface area (TPSA) is 91.9 Å². The Morgan fingerprint density at radius 2 is 2.09 bits per heavy atom. The van der Waals surface area contributed by atoms with Crippen LogP contribution in [0, 0.1) is 0 Å². The van der Waals surface area contributed by atoms with E-state index in [1.807, 2.05) is 36.5 Å². The molecule has 1 fully saturated rings. The Labute approximate surface area is 185 Å². The molecule has 2 aliphatic heterocycles. The molecule has 7 heteroatoms. The molecule has 3 heterocycles. The van der Waals surface area contributed by atoms with Crippen molar-refractivity contribution < 1.29 is 24.2 Å². The Morgan fingerprint density at radius 3 is 2.94 bits per heavy atom. The molecule has 1 amide bonds. The smallest absolute Gasteiger partial charge is 0.295 e. The number of ether oxygens (including phenoxy) is 2. The number of Topliss-reactive ketones (excluding diaryl/α,β-unsaturated/α-hetero) is 1. The molecule has 0 radical (unpaired) electrons. The van der Waals surface area contributed by atoms with E-state index in [0.29, 0.717) is 31.7 Å². The molecule has 32 heavy (non-hydrogen) atoms. The number of carbonyl (C=O) groups is 2. The van der Waals surface area contributed by atoms with Crippen molar-refractivity contribution in [2.45, 2.75) is 18.9 Å². The number of carbonyl (C=O) groups excluding carboxylic acids is 2. The van der Waals surface area contributed by atoms with Crippen LogP contribution in [0.15, 0.2) is 54.2 Å². The number of para-hydroxylation sites is 1. The number of nitrogens with zero attached hydrogens (tertiary/aromatic N) is 1. The fourth-order valence-corrected chi connectivity index (χ4v) is 4.62. The normalized spacial score (nSPS) is 19.5. The Bertz CT molecular complexity index is 1240. The van der Waals surface area contributed by atoms with Gasteiger partial charge in [-0.05, 0) is 36.2 Å². The summed E-state index contributed by atoms with van der Waals surface area (Å²) in [6.07, 6.45) is 3.14. The molecule has 2 aliphatic rings. The molecule has 7 nitrogen and oxygen atoms in total. The van der Waals surface area contributed by atoms with Gasteiger partial charge in [0.1, 0.15) is 11.5 Å². The van der Waals surface area contributed by atoms with Crippen molar-refractivity contribution in [2.24, 2.45) is 0 Å². The summed E-state index contributed by atoms with van der Waals surface area (Å²) in [7, 11) is 1.60. The number of aliphatic hydroxyl groups excluding tert-OH is 1. The Hall–Kier alpha value is -3.58. The molecule has 2 N–H and O–H groups in total. The molecular formula is C25H24N2O5. The van der Waals surface area contributed by atoms with Crippen LogP contribution < -0.4 is 4.74 Å². The summed E-state index contributed by atoms with van der Waals surface area (Å²) in [4.78, 5) is 31.0. The second-order valence-electron chi connectivity index (χ2n) is 8.05. The summed E-state index contributed by atoms with van der Waals surface area (Å²) in [5, 5.41) is 12.2. The van der Waals surface area contributed by atoms with Crippen LogP contribution >= 0.6 is 0 Å². The molecule has 1 aromatic heterocycles. The van der Waals surface area contributed by atoms with E-state index in [4.69, 9.17) is 9.47 Å². The molecule has 164 valence electrons. The molecule has 0 spiro atoms. The molecule has 1 unspecified atom stereocenters. The van der Waals surface area contributed by atoms with Gasteiger partial charge in [-0.25, -0.2) is 0 Å². The highest BCUT2D eigenvalue weighted by Crippen LogP contribution is 2.42. The molecule has 5 rings (SSSR count). The molecule has 1 atom stereocenters. The highest BCUT2D eigenvalue weighted by Gasteiger charge is 2.46. The van der Waals surface area contributed by atoms with Crippen molar-refractivity contribution in [3.8, 4) is 5.75 Å². The number of fused-ring (bicyclic) bond motifs is 2. The first-order valence-corrected chi connectivity index (χ1v) is 10.7. The minimum atomic E-state index is -0.687. The van der Waals surface area contributed by atoms with Crippen molar-refractivity contribution in [1.82, 2.24) is 9.88 Å². The largest absolute Gasteiger partial charge is 0.507 e. The lowest BCUT2D eigenvalue weighted by molar-refractivity contribution is -0.140. The number of aromatic amines is 1. The van der Waals surface area contributed by atoms with E-state index in [1.165, 1.54) is 0 Å². The molecular weight excluding hydrogens is 408 g/mol. The quantitative estimate of drug-likeness (QED) is 0.269. The van der Waals surface area contributed by atoms with E-state index >= 15 is 0 Å². The number of nitrogens with one attached hydrogen (secondary N) is 1. The average molecular weight is 432 g/mol. The van der Waals surface area contributed by atoms with Crippen LogP contribution in [0.2, 0.25) is 0 Å². The van der Waals surface area contributed by atoms with Gasteiger partial charge < -0.3 is 24.5 Å². The summed E-state index contributed by atoms with van der Waals surface area (Å²) in [6.45, 7) is 1.41. The third-order valence-corrected chi connectivity index (χ3v) is 6.17. The second kappa shape index (κ2) is 8.16. The van der Waals surface area contributed by atoms with Crippen LogP contribution in [-0.2, 0) is 20.7 Å². The zero-order chi connectivity index (χ0) is 22.2. The van der Waals surface area contributed by atoms with Crippen LogP contribution in [0.5, 0.6) is 5.75 Å². The zero-order valence-electron chi connectivity index (χ0n) is 17.8. The van der Waals surface area contributed by atoms with E-state index in [-0.39, 0.29) is 11.3 Å². The minimum absolute atomic E-state index is 0.107. The number of aliphatic hydroxyl groups is 1. The molecule has 2 aromatic carbocycles. The Balaban J connectivity index is 1.66. The van der Waals surface area contributed by atoms with Crippen LogP contribution in [0.4, 0.5) is 0 Å². The van der Waals surface area contributed by atoms with Gasteiger partial charge in [0, 0.05) is 54.9 Å². The first-order chi connectivity index (χ1) is 15.6. The predicted molar refractivity (Wildman–Crippen MR) is 119 cm³/mol. The van der Waals surface area contributed by atoms with Gasteiger partial charge in [0.05, 0.1) is 18.2 Å². The van der Waals surface area contributed by atoms with Gasteiger partial charge in [0.25, 0.3) is 11.7 Å². The maximum Gasteiger partial charge on any atom is 0.295 e. The highest BCUT2D eigenvalue weighted by molar-refractivity contribution is 6.46. The first-order valence-electron chi connectivity index (χ1n) is 10.7. The Kier molecular flexibility index (Phi) is 5.19.